The predicted octanol–water partition coefficient (Wildman–Crippen LogP) is 7.49. The second-order valence-corrected chi connectivity index (χ2v) is 7.90. The Morgan fingerprint density at radius 1 is 0.643 bits per heavy atom. The molecule has 0 fully saturated rings. The summed E-state index contributed by atoms with van der Waals surface area (Å²) in [6.45, 7) is 4.62. The van der Waals surface area contributed by atoms with Gasteiger partial charge < -0.3 is 9.94 Å². The molecule has 0 saturated heterocycles. The maximum absolute atomic E-state index is 11.8. The van der Waals surface area contributed by atoms with Crippen molar-refractivity contribution in [2.24, 2.45) is 0 Å². The number of hydrogen-bond acceptors (Lipinski definition) is 3. The highest BCUT2D eigenvalue weighted by atomic mass is 16.7. The normalized spacial score (nSPS) is 10.8. The molecule has 0 bridgehead atoms. The van der Waals surface area contributed by atoms with Gasteiger partial charge in [-0.2, -0.15) is 0 Å². The zero-order valence-corrected chi connectivity index (χ0v) is 18.6. The summed E-state index contributed by atoms with van der Waals surface area (Å²) in [6.07, 6.45) is 19.3. The van der Waals surface area contributed by atoms with Gasteiger partial charge in [-0.05, 0) is 12.8 Å². The molecule has 1 N–H and O–H groups in total. The molecule has 0 atom stereocenters. The van der Waals surface area contributed by atoms with Crippen molar-refractivity contribution in [2.75, 3.05) is 6.54 Å². The Morgan fingerprint density at radius 3 is 1.46 bits per heavy atom. The minimum absolute atomic E-state index is 0.264. The average molecular weight is 400 g/mol. The van der Waals surface area contributed by atoms with Gasteiger partial charge in [0.25, 0.3) is 0 Å². The number of rotatable bonds is 19. The number of carboxylic acid groups (broad SMARTS) is 1. The van der Waals surface area contributed by atoms with Crippen molar-refractivity contribution in [3.63, 3.8) is 0 Å². The van der Waals surface area contributed by atoms with Gasteiger partial charge in [0, 0.05) is 6.42 Å². The lowest BCUT2D eigenvalue weighted by Gasteiger charge is -2.17. The van der Waals surface area contributed by atoms with Crippen LogP contribution in [0, 0.1) is 0 Å². The van der Waals surface area contributed by atoms with Crippen LogP contribution in [-0.2, 0) is 9.63 Å². The third kappa shape index (κ3) is 18.1. The van der Waals surface area contributed by atoms with Crippen molar-refractivity contribution < 1.29 is 19.5 Å². The van der Waals surface area contributed by atoms with E-state index in [2.05, 4.69) is 13.8 Å². The van der Waals surface area contributed by atoms with Gasteiger partial charge in [0.1, 0.15) is 0 Å². The molecule has 0 aromatic carbocycles. The van der Waals surface area contributed by atoms with E-state index in [1.165, 1.54) is 64.2 Å². The quantitative estimate of drug-likeness (QED) is 0.180. The summed E-state index contributed by atoms with van der Waals surface area (Å²) in [7, 11) is 0. The van der Waals surface area contributed by atoms with Crippen LogP contribution in [0.25, 0.3) is 0 Å². The van der Waals surface area contributed by atoms with Crippen LogP contribution in [0.4, 0.5) is 4.79 Å². The molecule has 0 aromatic rings. The highest BCUT2D eigenvalue weighted by molar-refractivity contribution is 5.72. The number of hydrogen-bond donors (Lipinski definition) is 1. The third-order valence-corrected chi connectivity index (χ3v) is 5.12. The first-order valence-electron chi connectivity index (χ1n) is 11.8. The third-order valence-electron chi connectivity index (χ3n) is 5.12. The minimum atomic E-state index is -1.18. The first-order valence-corrected chi connectivity index (χ1v) is 11.8. The topological polar surface area (TPSA) is 66.8 Å². The number of carbonyl (C=O) groups excluding carboxylic acids is 1. The van der Waals surface area contributed by atoms with E-state index in [-0.39, 0.29) is 6.54 Å². The van der Waals surface area contributed by atoms with Crippen LogP contribution in [0.3, 0.4) is 0 Å². The average Bonchev–Trinajstić information content (AvgIpc) is 2.67. The Hall–Kier alpha value is -1.26. The first kappa shape index (κ1) is 26.7. The zero-order valence-electron chi connectivity index (χ0n) is 18.6. The van der Waals surface area contributed by atoms with Crippen LogP contribution in [0.15, 0.2) is 0 Å². The molecule has 5 heteroatoms. The van der Waals surface area contributed by atoms with E-state index in [9.17, 15) is 9.59 Å². The van der Waals surface area contributed by atoms with Gasteiger partial charge >= 0.3 is 12.1 Å². The van der Waals surface area contributed by atoms with E-state index in [4.69, 9.17) is 9.94 Å². The number of amides is 1. The highest BCUT2D eigenvalue weighted by Crippen LogP contribution is 2.13. The molecule has 0 saturated carbocycles. The number of hydroxylamine groups is 2. The molecule has 28 heavy (non-hydrogen) atoms. The Morgan fingerprint density at radius 2 is 1.04 bits per heavy atom. The van der Waals surface area contributed by atoms with Gasteiger partial charge in [-0.1, -0.05) is 110 Å². The van der Waals surface area contributed by atoms with Gasteiger partial charge in [0.05, 0.1) is 6.54 Å². The lowest BCUT2D eigenvalue weighted by atomic mass is 10.0. The monoisotopic (exact) mass is 399 g/mol. The summed E-state index contributed by atoms with van der Waals surface area (Å²) in [4.78, 5) is 28.0. The van der Waals surface area contributed by atoms with Crippen LogP contribution in [0.5, 0.6) is 0 Å². The molecule has 0 rings (SSSR count). The van der Waals surface area contributed by atoms with E-state index in [0.29, 0.717) is 6.42 Å². The van der Waals surface area contributed by atoms with Crippen molar-refractivity contribution in [2.45, 2.75) is 129 Å². The molecule has 0 aliphatic heterocycles. The van der Waals surface area contributed by atoms with Crippen molar-refractivity contribution in [3.8, 4) is 0 Å². The summed E-state index contributed by atoms with van der Waals surface area (Å²) >= 11 is 0. The van der Waals surface area contributed by atoms with Crippen LogP contribution in [0.2, 0.25) is 0 Å². The molecular weight excluding hydrogens is 354 g/mol. The predicted molar refractivity (Wildman–Crippen MR) is 115 cm³/mol. The van der Waals surface area contributed by atoms with Gasteiger partial charge in [-0.3, -0.25) is 0 Å². The van der Waals surface area contributed by atoms with Crippen molar-refractivity contribution in [1.82, 2.24) is 5.06 Å². The van der Waals surface area contributed by atoms with Gasteiger partial charge in [0.15, 0.2) is 0 Å². The van der Waals surface area contributed by atoms with E-state index >= 15 is 0 Å². The minimum Gasteiger partial charge on any atom is -0.463 e. The van der Waals surface area contributed by atoms with Crippen molar-refractivity contribution >= 4 is 12.1 Å². The summed E-state index contributed by atoms with van der Waals surface area (Å²) in [6, 6.07) is 0. The number of nitrogens with zero attached hydrogens (tertiary/aromatic N) is 1. The SMILES string of the molecule is CCCCCCCCCCCCCCCC(=O)ON(CCCCCC)C(=O)O. The summed E-state index contributed by atoms with van der Waals surface area (Å²) < 4.78 is 0. The second-order valence-electron chi connectivity index (χ2n) is 7.90. The molecule has 0 aromatic heterocycles. The molecule has 0 radical (unpaired) electrons. The molecule has 0 unspecified atom stereocenters. The summed E-state index contributed by atoms with van der Waals surface area (Å²) in [5.41, 5.74) is 0. The molecule has 1 amide bonds. The molecule has 5 nitrogen and oxygen atoms in total. The van der Waals surface area contributed by atoms with E-state index < -0.39 is 12.1 Å². The van der Waals surface area contributed by atoms with Crippen LogP contribution < -0.4 is 0 Å². The molecular formula is C23H45NO4. The Labute approximate surface area is 173 Å². The zero-order chi connectivity index (χ0) is 20.9. The molecule has 166 valence electrons. The Bertz CT molecular complexity index is 374. The molecule has 0 heterocycles. The summed E-state index contributed by atoms with van der Waals surface area (Å²) in [5.74, 6) is -0.430. The molecule has 0 spiro atoms. The lowest BCUT2D eigenvalue weighted by Crippen LogP contribution is -2.33. The lowest BCUT2D eigenvalue weighted by molar-refractivity contribution is -0.180. The van der Waals surface area contributed by atoms with E-state index in [1.807, 2.05) is 0 Å². The number of carbonyl (C=O) groups is 2. The molecule has 0 aliphatic rings. The maximum Gasteiger partial charge on any atom is 0.440 e. The van der Waals surface area contributed by atoms with Crippen LogP contribution in [0.1, 0.15) is 129 Å². The first-order chi connectivity index (χ1) is 13.6. The van der Waals surface area contributed by atoms with Crippen LogP contribution >= 0.6 is 0 Å². The standard InChI is InChI=1S/C23H45NO4/c1-3-5-7-9-10-11-12-13-14-15-16-17-18-20-22(25)28-24(23(26)27)21-19-8-6-4-2/h3-21H2,1-2H3,(H,26,27). The fourth-order valence-corrected chi connectivity index (χ4v) is 3.32. The van der Waals surface area contributed by atoms with E-state index in [1.54, 1.807) is 0 Å². The fourth-order valence-electron chi connectivity index (χ4n) is 3.32. The fraction of sp³-hybridized carbons (Fsp3) is 0.913. The van der Waals surface area contributed by atoms with Crippen molar-refractivity contribution in [1.29, 1.82) is 0 Å². The maximum atomic E-state index is 11.8. The van der Waals surface area contributed by atoms with Crippen LogP contribution in [-0.4, -0.2) is 28.8 Å². The smallest absolute Gasteiger partial charge is 0.440 e. The van der Waals surface area contributed by atoms with Gasteiger partial charge in [0.2, 0.25) is 0 Å². The highest BCUT2D eigenvalue weighted by Gasteiger charge is 2.16. The number of unbranched alkanes of at least 4 members (excludes halogenated alkanes) is 15. The van der Waals surface area contributed by atoms with Gasteiger partial charge in [-0.15, -0.1) is 5.06 Å². The second kappa shape index (κ2) is 20.5. The van der Waals surface area contributed by atoms with E-state index in [0.717, 1.165) is 50.0 Å². The summed E-state index contributed by atoms with van der Waals surface area (Å²) in [5, 5.41) is 9.90. The van der Waals surface area contributed by atoms with Crippen molar-refractivity contribution in [3.05, 3.63) is 0 Å². The Kier molecular flexibility index (Phi) is 19.6. The largest absolute Gasteiger partial charge is 0.463 e. The Balaban J connectivity index is 3.51. The van der Waals surface area contributed by atoms with Gasteiger partial charge in [-0.25, -0.2) is 9.59 Å². The molecule has 0 aliphatic carbocycles.